The molecule has 126 valence electrons. The Bertz CT molecular complexity index is 747. The number of para-hydroxylation sites is 1. The molecule has 5 nitrogen and oxygen atoms in total. The van der Waals surface area contributed by atoms with Gasteiger partial charge in [0.25, 0.3) is 5.91 Å². The molecule has 0 aliphatic carbocycles. The van der Waals surface area contributed by atoms with E-state index in [-0.39, 0.29) is 12.3 Å². The van der Waals surface area contributed by atoms with Crippen molar-refractivity contribution in [3.8, 4) is 5.75 Å². The van der Waals surface area contributed by atoms with Crippen molar-refractivity contribution in [3.05, 3.63) is 58.6 Å². The van der Waals surface area contributed by atoms with E-state index < -0.39 is 5.91 Å². The number of halogens is 1. The lowest BCUT2D eigenvalue weighted by molar-refractivity contribution is -0.116. The largest absolute Gasteiger partial charge is 0.494 e. The normalized spacial score (nSPS) is 10.2. The second-order valence-electron chi connectivity index (χ2n) is 5.32. The second-order valence-corrected chi connectivity index (χ2v) is 5.73. The molecule has 6 heteroatoms. The Morgan fingerprint density at radius 2 is 1.96 bits per heavy atom. The summed E-state index contributed by atoms with van der Waals surface area (Å²) in [4.78, 5) is 23.3. The predicted molar refractivity (Wildman–Crippen MR) is 94.5 cm³/mol. The Morgan fingerprint density at radius 1 is 1.21 bits per heavy atom. The highest BCUT2D eigenvalue weighted by Crippen LogP contribution is 2.21. The molecule has 0 atom stereocenters. The summed E-state index contributed by atoms with van der Waals surface area (Å²) in [7, 11) is 0. The molecule has 0 heterocycles. The number of hydrogen-bond donors (Lipinski definition) is 2. The average molecular weight is 347 g/mol. The molecule has 24 heavy (non-hydrogen) atoms. The molecule has 0 spiro atoms. The molecular formula is C18H19ClN2O3. The molecule has 0 fully saturated rings. The van der Waals surface area contributed by atoms with Gasteiger partial charge in [-0.15, -0.1) is 0 Å². The Balaban J connectivity index is 1.79. The van der Waals surface area contributed by atoms with Crippen LogP contribution in [0.15, 0.2) is 42.5 Å². The van der Waals surface area contributed by atoms with Crippen molar-refractivity contribution in [2.45, 2.75) is 19.8 Å². The van der Waals surface area contributed by atoms with E-state index in [0.29, 0.717) is 29.3 Å². The highest BCUT2D eigenvalue weighted by Gasteiger charge is 2.10. The van der Waals surface area contributed by atoms with Gasteiger partial charge in [-0.2, -0.15) is 0 Å². The summed E-state index contributed by atoms with van der Waals surface area (Å²) < 4.78 is 5.59. The molecule has 0 saturated heterocycles. The third-order valence-corrected chi connectivity index (χ3v) is 3.84. The Hall–Kier alpha value is -2.53. The molecule has 0 unspecified atom stereocenters. The summed E-state index contributed by atoms with van der Waals surface area (Å²) in [5.74, 6) is -0.0525. The number of carbonyl (C=O) groups is 2. The van der Waals surface area contributed by atoms with Crippen LogP contribution in [0.2, 0.25) is 5.02 Å². The fourth-order valence-corrected chi connectivity index (χ4v) is 2.27. The number of aryl methyl sites for hydroxylation is 1. The molecule has 0 aliphatic heterocycles. The maximum atomic E-state index is 12.0. The van der Waals surface area contributed by atoms with Gasteiger partial charge in [0.05, 0.1) is 17.9 Å². The molecule has 2 aromatic rings. The first-order chi connectivity index (χ1) is 11.5. The number of hydrogen-bond acceptors (Lipinski definition) is 3. The van der Waals surface area contributed by atoms with Crippen molar-refractivity contribution in [1.29, 1.82) is 0 Å². The lowest BCUT2D eigenvalue weighted by Gasteiger charge is -2.10. The number of nitrogens with one attached hydrogen (secondary N) is 1. The topological polar surface area (TPSA) is 81.4 Å². The molecule has 0 aromatic heterocycles. The molecule has 0 saturated carbocycles. The molecule has 0 radical (unpaired) electrons. The zero-order valence-electron chi connectivity index (χ0n) is 13.3. The molecule has 0 aliphatic rings. The van der Waals surface area contributed by atoms with E-state index in [1.807, 2.05) is 13.0 Å². The number of ether oxygens (including phenoxy) is 1. The summed E-state index contributed by atoms with van der Waals surface area (Å²) in [6.45, 7) is 2.31. The predicted octanol–water partition coefficient (Wildman–Crippen LogP) is 3.55. The monoisotopic (exact) mass is 346 g/mol. The highest BCUT2D eigenvalue weighted by atomic mass is 35.5. The van der Waals surface area contributed by atoms with Crippen molar-refractivity contribution in [2.75, 3.05) is 11.9 Å². The SMILES string of the molecule is Cc1cc(OCCCC(=O)Nc2ccccc2C(N)=O)ccc1Cl. The van der Waals surface area contributed by atoms with Crippen LogP contribution in [0.25, 0.3) is 0 Å². The first kappa shape index (κ1) is 17.8. The van der Waals surface area contributed by atoms with Gasteiger partial charge in [-0.25, -0.2) is 0 Å². The van der Waals surface area contributed by atoms with Crippen molar-refractivity contribution < 1.29 is 14.3 Å². The first-order valence-corrected chi connectivity index (χ1v) is 7.93. The number of carbonyl (C=O) groups excluding carboxylic acids is 2. The molecule has 3 N–H and O–H groups in total. The van der Waals surface area contributed by atoms with Crippen molar-refractivity contribution in [1.82, 2.24) is 0 Å². The van der Waals surface area contributed by atoms with Gasteiger partial charge in [-0.05, 0) is 49.2 Å². The number of rotatable bonds is 7. The van der Waals surface area contributed by atoms with Crippen LogP contribution >= 0.6 is 11.6 Å². The summed E-state index contributed by atoms with van der Waals surface area (Å²) >= 11 is 5.95. The maximum absolute atomic E-state index is 12.0. The molecule has 2 rings (SSSR count). The van der Waals surface area contributed by atoms with Gasteiger partial charge in [-0.3, -0.25) is 9.59 Å². The van der Waals surface area contributed by atoms with Crippen LogP contribution in [0.1, 0.15) is 28.8 Å². The standard InChI is InChI=1S/C18H19ClN2O3/c1-12-11-13(8-9-15(12)19)24-10-4-7-17(22)21-16-6-3-2-5-14(16)18(20)23/h2-3,5-6,8-9,11H,4,7,10H2,1H3,(H2,20,23)(H,21,22). The quantitative estimate of drug-likeness (QED) is 0.752. The number of benzene rings is 2. The smallest absolute Gasteiger partial charge is 0.250 e. The summed E-state index contributed by atoms with van der Waals surface area (Å²) in [6.07, 6.45) is 0.825. The van der Waals surface area contributed by atoms with E-state index in [4.69, 9.17) is 22.1 Å². The Morgan fingerprint density at radius 3 is 2.67 bits per heavy atom. The van der Waals surface area contributed by atoms with Crippen LogP contribution < -0.4 is 15.8 Å². The van der Waals surface area contributed by atoms with Crippen LogP contribution in [0.4, 0.5) is 5.69 Å². The van der Waals surface area contributed by atoms with E-state index in [2.05, 4.69) is 5.32 Å². The molecular weight excluding hydrogens is 328 g/mol. The highest BCUT2D eigenvalue weighted by molar-refractivity contribution is 6.31. The number of amides is 2. The fourth-order valence-electron chi connectivity index (χ4n) is 2.15. The van der Waals surface area contributed by atoms with Crippen LogP contribution in [-0.2, 0) is 4.79 Å². The van der Waals surface area contributed by atoms with E-state index >= 15 is 0 Å². The van der Waals surface area contributed by atoms with Gasteiger partial charge >= 0.3 is 0 Å². The molecule has 2 aromatic carbocycles. The van der Waals surface area contributed by atoms with E-state index in [9.17, 15) is 9.59 Å². The first-order valence-electron chi connectivity index (χ1n) is 7.55. The third-order valence-electron chi connectivity index (χ3n) is 3.41. The minimum Gasteiger partial charge on any atom is -0.494 e. The van der Waals surface area contributed by atoms with Crippen LogP contribution in [0, 0.1) is 6.92 Å². The fraction of sp³-hybridized carbons (Fsp3) is 0.222. The van der Waals surface area contributed by atoms with E-state index in [1.165, 1.54) is 0 Å². The van der Waals surface area contributed by atoms with Gasteiger partial charge in [0.1, 0.15) is 5.75 Å². The summed E-state index contributed by atoms with van der Waals surface area (Å²) in [5.41, 5.74) is 6.93. The van der Waals surface area contributed by atoms with Gasteiger partial charge in [0.15, 0.2) is 0 Å². The molecule has 0 bridgehead atoms. The van der Waals surface area contributed by atoms with Crippen molar-refractivity contribution in [2.24, 2.45) is 5.73 Å². The Labute approximate surface area is 145 Å². The zero-order valence-corrected chi connectivity index (χ0v) is 14.1. The average Bonchev–Trinajstić information content (AvgIpc) is 2.55. The lowest BCUT2D eigenvalue weighted by Crippen LogP contribution is -2.18. The lowest BCUT2D eigenvalue weighted by atomic mass is 10.1. The van der Waals surface area contributed by atoms with Gasteiger partial charge in [-0.1, -0.05) is 23.7 Å². The minimum absolute atomic E-state index is 0.195. The van der Waals surface area contributed by atoms with Gasteiger partial charge < -0.3 is 15.8 Å². The van der Waals surface area contributed by atoms with Crippen molar-refractivity contribution in [3.63, 3.8) is 0 Å². The molecule has 2 amide bonds. The van der Waals surface area contributed by atoms with Crippen LogP contribution in [-0.4, -0.2) is 18.4 Å². The van der Waals surface area contributed by atoms with Crippen LogP contribution in [0.5, 0.6) is 5.75 Å². The van der Waals surface area contributed by atoms with Gasteiger partial charge in [0.2, 0.25) is 5.91 Å². The summed E-state index contributed by atoms with van der Waals surface area (Å²) in [6, 6.07) is 12.1. The Kier molecular flexibility index (Phi) is 6.21. The van der Waals surface area contributed by atoms with E-state index in [1.54, 1.807) is 36.4 Å². The third kappa shape index (κ3) is 4.99. The number of primary amides is 1. The van der Waals surface area contributed by atoms with Crippen LogP contribution in [0.3, 0.4) is 0 Å². The minimum atomic E-state index is -0.577. The van der Waals surface area contributed by atoms with E-state index in [0.717, 1.165) is 11.3 Å². The van der Waals surface area contributed by atoms with Gasteiger partial charge in [0, 0.05) is 11.4 Å². The number of anilines is 1. The summed E-state index contributed by atoms with van der Waals surface area (Å²) in [5, 5.41) is 3.38. The van der Waals surface area contributed by atoms with Crippen molar-refractivity contribution >= 4 is 29.1 Å². The number of nitrogens with two attached hydrogens (primary N) is 1. The zero-order chi connectivity index (χ0) is 17.5. The second kappa shape index (κ2) is 8.36. The maximum Gasteiger partial charge on any atom is 0.250 e.